The highest BCUT2D eigenvalue weighted by atomic mass is 16.5. The molecule has 0 unspecified atom stereocenters. The Morgan fingerprint density at radius 2 is 1.77 bits per heavy atom. The minimum Gasteiger partial charge on any atom is -0.493 e. The topological polar surface area (TPSA) is 73.9 Å². The first-order valence-corrected chi connectivity index (χ1v) is 12.1. The van der Waals surface area contributed by atoms with E-state index in [9.17, 15) is 9.59 Å². The molecule has 2 aromatic carbocycles. The van der Waals surface area contributed by atoms with Crippen LogP contribution in [0.1, 0.15) is 61.6 Å². The molecular formula is C29H33NO5. The van der Waals surface area contributed by atoms with Crippen molar-refractivity contribution in [2.45, 2.75) is 51.9 Å². The van der Waals surface area contributed by atoms with Gasteiger partial charge in [0.15, 0.2) is 17.3 Å². The number of allylic oxidation sites excluding steroid dienone is 3. The monoisotopic (exact) mass is 475 g/mol. The number of rotatable bonds is 7. The quantitative estimate of drug-likeness (QED) is 0.546. The average Bonchev–Trinajstić information content (AvgIpc) is 2.85. The molecule has 2 atom stereocenters. The Hall–Kier alpha value is -3.54. The third kappa shape index (κ3) is 4.83. The number of carbonyl (C=O) groups is 2. The molecule has 184 valence electrons. The number of aryl methyl sites for hydroxylation is 1. The number of hydrogen-bond donors (Lipinski definition) is 1. The third-order valence-corrected chi connectivity index (χ3v) is 6.74. The fraction of sp³-hybridized carbons (Fsp3) is 0.379. The molecule has 6 nitrogen and oxygen atoms in total. The summed E-state index contributed by atoms with van der Waals surface area (Å²) < 4.78 is 16.4. The second kappa shape index (κ2) is 10.4. The lowest BCUT2D eigenvalue weighted by Gasteiger charge is -2.37. The molecule has 0 bridgehead atoms. The van der Waals surface area contributed by atoms with Gasteiger partial charge in [0.25, 0.3) is 0 Å². The van der Waals surface area contributed by atoms with Gasteiger partial charge in [-0.05, 0) is 55.9 Å². The molecule has 2 aromatic rings. The van der Waals surface area contributed by atoms with Gasteiger partial charge in [-0.3, -0.25) is 4.79 Å². The van der Waals surface area contributed by atoms with E-state index in [0.29, 0.717) is 42.1 Å². The minimum absolute atomic E-state index is 0.00638. The molecule has 0 saturated heterocycles. The van der Waals surface area contributed by atoms with E-state index in [4.69, 9.17) is 14.2 Å². The van der Waals surface area contributed by atoms with Crippen LogP contribution in [0.5, 0.6) is 11.5 Å². The summed E-state index contributed by atoms with van der Waals surface area (Å²) in [6.07, 6.45) is 1.75. The molecule has 1 aliphatic heterocycles. The predicted molar refractivity (Wildman–Crippen MR) is 135 cm³/mol. The average molecular weight is 476 g/mol. The van der Waals surface area contributed by atoms with Crippen LogP contribution in [0.4, 0.5) is 0 Å². The van der Waals surface area contributed by atoms with Crippen molar-refractivity contribution in [1.29, 1.82) is 0 Å². The molecule has 1 N–H and O–H groups in total. The molecule has 0 fully saturated rings. The van der Waals surface area contributed by atoms with Crippen LogP contribution in [-0.2, 0) is 14.3 Å². The van der Waals surface area contributed by atoms with E-state index < -0.39 is 5.92 Å². The molecule has 0 aromatic heterocycles. The van der Waals surface area contributed by atoms with Crippen LogP contribution in [0.15, 0.2) is 65.0 Å². The van der Waals surface area contributed by atoms with E-state index in [2.05, 4.69) is 11.4 Å². The zero-order valence-corrected chi connectivity index (χ0v) is 21.1. The van der Waals surface area contributed by atoms with Crippen molar-refractivity contribution < 1.29 is 23.8 Å². The van der Waals surface area contributed by atoms with Crippen LogP contribution < -0.4 is 14.8 Å². The van der Waals surface area contributed by atoms with Gasteiger partial charge < -0.3 is 19.5 Å². The normalized spacial score (nSPS) is 19.7. The van der Waals surface area contributed by atoms with E-state index in [0.717, 1.165) is 34.5 Å². The fourth-order valence-electron chi connectivity index (χ4n) is 5.11. The maximum absolute atomic E-state index is 13.7. The van der Waals surface area contributed by atoms with Gasteiger partial charge in [-0.1, -0.05) is 42.8 Å². The maximum Gasteiger partial charge on any atom is 0.336 e. The summed E-state index contributed by atoms with van der Waals surface area (Å²) in [6.45, 7) is 6.21. The molecule has 1 heterocycles. The second-order valence-corrected chi connectivity index (χ2v) is 9.18. The van der Waals surface area contributed by atoms with Crippen LogP contribution >= 0.6 is 0 Å². The van der Waals surface area contributed by atoms with E-state index in [-0.39, 0.29) is 17.7 Å². The largest absolute Gasteiger partial charge is 0.493 e. The van der Waals surface area contributed by atoms with Crippen LogP contribution in [-0.4, -0.2) is 32.6 Å². The highest BCUT2D eigenvalue weighted by Gasteiger charge is 2.41. The molecule has 6 heteroatoms. The van der Waals surface area contributed by atoms with Crippen molar-refractivity contribution in [3.63, 3.8) is 0 Å². The van der Waals surface area contributed by atoms with Crippen molar-refractivity contribution in [1.82, 2.24) is 5.32 Å². The zero-order chi connectivity index (χ0) is 25.1. The van der Waals surface area contributed by atoms with Gasteiger partial charge >= 0.3 is 5.97 Å². The standard InChI is InChI=1S/C29H33NO5/c1-6-12-35-29(32)26-18(3)30-22-14-21(19-10-11-24(33-4)25(16-19)34-5)15-23(31)28(22)27(26)20-9-7-8-17(2)13-20/h7-11,13,16,21,27,30H,6,12,14-15H2,1-5H3/t21-,27-/m0/s1. The van der Waals surface area contributed by atoms with Crippen LogP contribution in [0, 0.1) is 6.92 Å². The summed E-state index contributed by atoms with van der Waals surface area (Å²) in [6, 6.07) is 13.8. The molecule has 2 aliphatic rings. The van der Waals surface area contributed by atoms with Crippen molar-refractivity contribution in [3.05, 3.63) is 81.7 Å². The maximum atomic E-state index is 13.7. The number of methoxy groups -OCH3 is 2. The summed E-state index contributed by atoms with van der Waals surface area (Å²) in [5.41, 5.74) is 5.82. The number of carbonyl (C=O) groups excluding carboxylic acids is 2. The molecule has 0 amide bonds. The first-order valence-electron chi connectivity index (χ1n) is 12.1. The van der Waals surface area contributed by atoms with Crippen LogP contribution in [0.3, 0.4) is 0 Å². The van der Waals surface area contributed by atoms with Crippen LogP contribution in [0.25, 0.3) is 0 Å². The van der Waals surface area contributed by atoms with E-state index in [1.54, 1.807) is 14.2 Å². The van der Waals surface area contributed by atoms with E-state index in [1.807, 2.05) is 57.2 Å². The Labute approximate surface area is 207 Å². The lowest BCUT2D eigenvalue weighted by molar-refractivity contribution is -0.139. The van der Waals surface area contributed by atoms with E-state index >= 15 is 0 Å². The van der Waals surface area contributed by atoms with Gasteiger partial charge in [-0.25, -0.2) is 4.79 Å². The molecule has 4 rings (SSSR count). The molecule has 1 aliphatic carbocycles. The molecule has 35 heavy (non-hydrogen) atoms. The third-order valence-electron chi connectivity index (χ3n) is 6.74. The van der Waals surface area contributed by atoms with Gasteiger partial charge in [0.2, 0.25) is 0 Å². The van der Waals surface area contributed by atoms with Gasteiger partial charge in [-0.15, -0.1) is 0 Å². The number of Topliss-reactive ketones (excluding diaryl/α,β-unsaturated/α-hetero) is 1. The summed E-state index contributed by atoms with van der Waals surface area (Å²) in [7, 11) is 3.21. The number of esters is 1. The Kier molecular flexibility index (Phi) is 7.29. The summed E-state index contributed by atoms with van der Waals surface area (Å²) in [5, 5.41) is 3.40. The number of benzene rings is 2. The smallest absolute Gasteiger partial charge is 0.336 e. The van der Waals surface area contributed by atoms with Crippen LogP contribution in [0.2, 0.25) is 0 Å². The Morgan fingerprint density at radius 3 is 2.46 bits per heavy atom. The number of hydrogen-bond acceptors (Lipinski definition) is 6. The van der Waals surface area contributed by atoms with Crippen molar-refractivity contribution >= 4 is 11.8 Å². The lowest BCUT2D eigenvalue weighted by Crippen LogP contribution is -2.36. The van der Waals surface area contributed by atoms with E-state index in [1.165, 1.54) is 0 Å². The Bertz CT molecular complexity index is 1210. The number of ketones is 1. The SMILES string of the molecule is CCCOC(=O)C1=C(C)NC2=C(C(=O)C[C@@H](c3ccc(OC)c(OC)c3)C2)[C@H]1c1cccc(C)c1. The summed E-state index contributed by atoms with van der Waals surface area (Å²) in [5.74, 6) is 0.511. The first kappa shape index (κ1) is 24.6. The van der Waals surface area contributed by atoms with Crippen molar-refractivity contribution in [2.24, 2.45) is 0 Å². The van der Waals surface area contributed by atoms with Crippen molar-refractivity contribution in [2.75, 3.05) is 20.8 Å². The van der Waals surface area contributed by atoms with Gasteiger partial charge in [0.05, 0.1) is 26.4 Å². The Morgan fingerprint density at radius 1 is 1.00 bits per heavy atom. The second-order valence-electron chi connectivity index (χ2n) is 9.18. The summed E-state index contributed by atoms with van der Waals surface area (Å²) in [4.78, 5) is 26.9. The lowest BCUT2D eigenvalue weighted by atomic mass is 9.71. The fourth-order valence-corrected chi connectivity index (χ4v) is 5.11. The number of ether oxygens (including phenoxy) is 3. The first-order chi connectivity index (χ1) is 16.9. The minimum atomic E-state index is -0.450. The van der Waals surface area contributed by atoms with Gasteiger partial charge in [-0.2, -0.15) is 0 Å². The highest BCUT2D eigenvalue weighted by molar-refractivity contribution is 6.04. The van der Waals surface area contributed by atoms with Gasteiger partial charge in [0, 0.05) is 29.3 Å². The molecule has 0 radical (unpaired) electrons. The van der Waals surface area contributed by atoms with Crippen molar-refractivity contribution in [3.8, 4) is 11.5 Å². The van der Waals surface area contributed by atoms with Gasteiger partial charge in [0.1, 0.15) is 0 Å². The molecule has 0 saturated carbocycles. The number of dihydropyridines is 1. The Balaban J connectivity index is 1.76. The molecular weight excluding hydrogens is 442 g/mol. The predicted octanol–water partition coefficient (Wildman–Crippen LogP) is 5.33. The molecule has 0 spiro atoms. The number of nitrogens with one attached hydrogen (secondary N) is 1. The zero-order valence-electron chi connectivity index (χ0n) is 21.1. The summed E-state index contributed by atoms with van der Waals surface area (Å²) >= 11 is 0. The highest BCUT2D eigenvalue weighted by Crippen LogP contribution is 2.46.